The van der Waals surface area contributed by atoms with Gasteiger partial charge >= 0.3 is 0 Å². The van der Waals surface area contributed by atoms with E-state index in [1.165, 1.54) is 30.6 Å². The van der Waals surface area contributed by atoms with Crippen molar-refractivity contribution in [3.05, 3.63) is 21.3 Å². The van der Waals surface area contributed by atoms with Crippen molar-refractivity contribution < 1.29 is 0 Å². The summed E-state index contributed by atoms with van der Waals surface area (Å²) in [6.45, 7) is 2.36. The average Bonchev–Trinajstić information content (AvgIpc) is 2.65. The Balaban J connectivity index is 2.02. The van der Waals surface area contributed by atoms with Crippen molar-refractivity contribution in [1.29, 1.82) is 0 Å². The molecule has 1 aliphatic carbocycles. The van der Waals surface area contributed by atoms with Gasteiger partial charge in [-0.25, -0.2) is 0 Å². The van der Waals surface area contributed by atoms with Crippen molar-refractivity contribution in [1.82, 2.24) is 0 Å². The molecule has 84 valence electrons. The molecule has 3 heteroatoms. The molecule has 1 aromatic heterocycles. The van der Waals surface area contributed by atoms with E-state index in [1.807, 2.05) is 6.07 Å². The van der Waals surface area contributed by atoms with Crippen LogP contribution in [0.1, 0.15) is 42.3 Å². The second-order valence-electron chi connectivity index (χ2n) is 4.55. The van der Waals surface area contributed by atoms with Gasteiger partial charge in [0.05, 0.1) is 9.85 Å². The molecule has 1 fully saturated rings. The fourth-order valence-corrected chi connectivity index (χ4v) is 4.77. The van der Waals surface area contributed by atoms with Gasteiger partial charge in [-0.1, -0.05) is 47.3 Å². The zero-order chi connectivity index (χ0) is 10.8. The predicted octanol–water partition coefficient (Wildman–Crippen LogP) is 5.66. The highest BCUT2D eigenvalue weighted by molar-refractivity contribution is 9.09. The van der Waals surface area contributed by atoms with E-state index in [4.69, 9.17) is 11.6 Å². The highest BCUT2D eigenvalue weighted by atomic mass is 79.9. The van der Waals surface area contributed by atoms with Crippen LogP contribution in [-0.2, 0) is 0 Å². The first-order valence-corrected chi connectivity index (χ1v) is 7.72. The molecule has 0 bridgehead atoms. The van der Waals surface area contributed by atoms with Gasteiger partial charge in [0.1, 0.15) is 0 Å². The van der Waals surface area contributed by atoms with Gasteiger partial charge in [0.25, 0.3) is 0 Å². The van der Waals surface area contributed by atoms with E-state index < -0.39 is 0 Å². The number of hydrogen-bond donors (Lipinski definition) is 0. The third-order valence-electron chi connectivity index (χ3n) is 3.37. The predicted molar refractivity (Wildman–Crippen MR) is 72.1 cm³/mol. The summed E-state index contributed by atoms with van der Waals surface area (Å²) in [5, 5.41) is 3.01. The summed E-state index contributed by atoms with van der Waals surface area (Å²) in [4.78, 5) is 1.79. The number of alkyl halides is 1. The van der Waals surface area contributed by atoms with E-state index in [0.29, 0.717) is 4.83 Å². The summed E-state index contributed by atoms with van der Waals surface area (Å²) in [7, 11) is 0. The second-order valence-corrected chi connectivity index (χ2v) is 6.90. The van der Waals surface area contributed by atoms with Crippen LogP contribution in [0.2, 0.25) is 5.02 Å². The van der Waals surface area contributed by atoms with Gasteiger partial charge in [-0.3, -0.25) is 0 Å². The molecule has 0 aromatic carbocycles. The fraction of sp³-hybridized carbons (Fsp3) is 0.667. The summed E-state index contributed by atoms with van der Waals surface area (Å²) in [5.74, 6) is 1.69. The van der Waals surface area contributed by atoms with Crippen LogP contribution in [0.5, 0.6) is 0 Å². The normalized spacial score (nSPS) is 29.0. The van der Waals surface area contributed by atoms with Crippen LogP contribution in [0.3, 0.4) is 0 Å². The summed E-state index contributed by atoms with van der Waals surface area (Å²) in [6.07, 6.45) is 5.42. The lowest BCUT2D eigenvalue weighted by molar-refractivity contribution is 0.288. The van der Waals surface area contributed by atoms with Gasteiger partial charge in [0, 0.05) is 4.88 Å². The monoisotopic (exact) mass is 306 g/mol. The lowest BCUT2D eigenvalue weighted by Crippen LogP contribution is -2.15. The van der Waals surface area contributed by atoms with E-state index in [1.54, 1.807) is 11.3 Å². The Bertz CT molecular complexity index is 315. The SMILES string of the molecule is CC1CCC(C(Br)c2sccc2Cl)CC1. The minimum atomic E-state index is 0.470. The molecule has 1 heterocycles. The van der Waals surface area contributed by atoms with Crippen molar-refractivity contribution >= 4 is 38.9 Å². The highest BCUT2D eigenvalue weighted by Crippen LogP contribution is 2.45. The molecule has 1 unspecified atom stereocenters. The molecule has 0 spiro atoms. The van der Waals surface area contributed by atoms with Crippen LogP contribution >= 0.6 is 38.9 Å². The number of rotatable bonds is 2. The molecular formula is C12H16BrClS. The minimum absolute atomic E-state index is 0.470. The van der Waals surface area contributed by atoms with Crippen molar-refractivity contribution in [3.63, 3.8) is 0 Å². The van der Waals surface area contributed by atoms with Gasteiger partial charge < -0.3 is 0 Å². The molecule has 0 radical (unpaired) electrons. The molecule has 1 aromatic rings. The van der Waals surface area contributed by atoms with Gasteiger partial charge in [-0.2, -0.15) is 0 Å². The number of hydrogen-bond acceptors (Lipinski definition) is 1. The van der Waals surface area contributed by atoms with E-state index in [2.05, 4.69) is 28.2 Å². The standard InChI is InChI=1S/C12H16BrClS/c1-8-2-4-9(5-3-8)11(13)12-10(14)6-7-15-12/h6-9,11H,2-5H2,1H3. The Morgan fingerprint density at radius 3 is 2.60 bits per heavy atom. The van der Waals surface area contributed by atoms with Crippen LogP contribution in [0.4, 0.5) is 0 Å². The van der Waals surface area contributed by atoms with E-state index in [-0.39, 0.29) is 0 Å². The summed E-state index contributed by atoms with van der Waals surface area (Å²) >= 11 is 11.8. The third-order valence-corrected chi connectivity index (χ3v) is 6.32. The second kappa shape index (κ2) is 5.20. The Labute approximate surface area is 109 Å². The molecule has 0 nitrogen and oxygen atoms in total. The van der Waals surface area contributed by atoms with Crippen LogP contribution in [-0.4, -0.2) is 0 Å². The van der Waals surface area contributed by atoms with Crippen LogP contribution in [0.25, 0.3) is 0 Å². The van der Waals surface area contributed by atoms with Crippen LogP contribution < -0.4 is 0 Å². The maximum atomic E-state index is 6.16. The summed E-state index contributed by atoms with van der Waals surface area (Å²) in [5.41, 5.74) is 0. The van der Waals surface area contributed by atoms with Crippen molar-refractivity contribution in [2.45, 2.75) is 37.4 Å². The molecule has 1 saturated carbocycles. The number of thiophene rings is 1. The quantitative estimate of drug-likeness (QED) is 0.618. The fourth-order valence-electron chi connectivity index (χ4n) is 2.29. The molecule has 0 amide bonds. The molecule has 1 aliphatic rings. The molecule has 0 N–H and O–H groups in total. The molecule has 15 heavy (non-hydrogen) atoms. The molecule has 1 atom stereocenters. The van der Waals surface area contributed by atoms with Gasteiger partial charge in [-0.05, 0) is 36.1 Å². The Kier molecular flexibility index (Phi) is 4.14. The van der Waals surface area contributed by atoms with Crippen LogP contribution in [0.15, 0.2) is 11.4 Å². The van der Waals surface area contributed by atoms with Gasteiger partial charge in [-0.15, -0.1) is 11.3 Å². The van der Waals surface area contributed by atoms with E-state index in [9.17, 15) is 0 Å². The van der Waals surface area contributed by atoms with Crippen molar-refractivity contribution in [3.8, 4) is 0 Å². The lowest BCUT2D eigenvalue weighted by Gasteiger charge is -2.29. The Morgan fingerprint density at radius 1 is 1.40 bits per heavy atom. The molecular weight excluding hydrogens is 292 g/mol. The maximum Gasteiger partial charge on any atom is 0.0556 e. The van der Waals surface area contributed by atoms with Gasteiger partial charge in [0.2, 0.25) is 0 Å². The van der Waals surface area contributed by atoms with Crippen LogP contribution in [0, 0.1) is 11.8 Å². The first-order valence-electron chi connectivity index (χ1n) is 5.55. The molecule has 2 rings (SSSR count). The summed E-state index contributed by atoms with van der Waals surface area (Å²) < 4.78 is 0. The van der Waals surface area contributed by atoms with Crippen molar-refractivity contribution in [2.24, 2.45) is 11.8 Å². The highest BCUT2D eigenvalue weighted by Gasteiger charge is 2.27. The topological polar surface area (TPSA) is 0 Å². The molecule has 0 saturated heterocycles. The van der Waals surface area contributed by atoms with Gasteiger partial charge in [0.15, 0.2) is 0 Å². The zero-order valence-electron chi connectivity index (χ0n) is 8.88. The summed E-state index contributed by atoms with van der Waals surface area (Å²) in [6, 6.07) is 2.00. The first kappa shape index (κ1) is 11.9. The Hall–Kier alpha value is 0.470. The van der Waals surface area contributed by atoms with Crippen molar-refractivity contribution in [2.75, 3.05) is 0 Å². The largest absolute Gasteiger partial charge is 0.146 e. The maximum absolute atomic E-state index is 6.16. The zero-order valence-corrected chi connectivity index (χ0v) is 12.0. The first-order chi connectivity index (χ1) is 7.18. The minimum Gasteiger partial charge on any atom is -0.146 e. The van der Waals surface area contributed by atoms with E-state index >= 15 is 0 Å². The third kappa shape index (κ3) is 2.78. The lowest BCUT2D eigenvalue weighted by atomic mass is 9.81. The average molecular weight is 308 g/mol. The van der Waals surface area contributed by atoms with E-state index in [0.717, 1.165) is 16.9 Å². The number of halogens is 2. The molecule has 0 aliphatic heterocycles. The smallest absolute Gasteiger partial charge is 0.0556 e. The Morgan fingerprint density at radius 2 is 2.07 bits per heavy atom.